The Hall–Kier alpha value is -0.860. The fraction of sp³-hybridized carbons (Fsp3) is 0.600. The van der Waals surface area contributed by atoms with Gasteiger partial charge in [0.2, 0.25) is 0 Å². The van der Waals surface area contributed by atoms with E-state index in [0.717, 1.165) is 5.92 Å². The smallest absolute Gasteiger partial charge is 0.0626 e. The van der Waals surface area contributed by atoms with Gasteiger partial charge in [0.1, 0.15) is 0 Å². The molecule has 0 amide bonds. The Kier molecular flexibility index (Phi) is 4.57. The molecule has 2 N–H and O–H groups in total. The third-order valence-electron chi connectivity index (χ3n) is 3.91. The SMILES string of the molecule is CC1CCCCC1N[C@@H](CO)c1ccccc1. The van der Waals surface area contributed by atoms with Gasteiger partial charge in [-0.05, 0) is 24.3 Å². The first-order valence-corrected chi connectivity index (χ1v) is 6.73. The zero-order valence-corrected chi connectivity index (χ0v) is 10.6. The van der Waals surface area contributed by atoms with Gasteiger partial charge in [-0.2, -0.15) is 0 Å². The van der Waals surface area contributed by atoms with Crippen LogP contribution in [0.3, 0.4) is 0 Å². The van der Waals surface area contributed by atoms with Gasteiger partial charge < -0.3 is 10.4 Å². The molecule has 0 aliphatic heterocycles. The highest BCUT2D eigenvalue weighted by molar-refractivity contribution is 5.19. The van der Waals surface area contributed by atoms with Crippen molar-refractivity contribution in [3.05, 3.63) is 35.9 Å². The Morgan fingerprint density at radius 2 is 1.94 bits per heavy atom. The van der Waals surface area contributed by atoms with E-state index >= 15 is 0 Å². The molecule has 2 unspecified atom stereocenters. The van der Waals surface area contributed by atoms with E-state index in [1.165, 1.54) is 31.2 Å². The van der Waals surface area contributed by atoms with Gasteiger partial charge in [0.05, 0.1) is 12.6 Å². The molecule has 0 bridgehead atoms. The van der Waals surface area contributed by atoms with Crippen molar-refractivity contribution < 1.29 is 5.11 Å². The molecule has 1 aliphatic rings. The van der Waals surface area contributed by atoms with Crippen molar-refractivity contribution >= 4 is 0 Å². The third kappa shape index (κ3) is 3.30. The van der Waals surface area contributed by atoms with E-state index in [2.05, 4.69) is 24.4 Å². The molecule has 0 heterocycles. The molecule has 1 aliphatic carbocycles. The molecule has 1 aromatic carbocycles. The van der Waals surface area contributed by atoms with Gasteiger partial charge in [-0.1, -0.05) is 50.1 Å². The van der Waals surface area contributed by atoms with Crippen LogP contribution in [0.2, 0.25) is 0 Å². The maximum atomic E-state index is 9.53. The normalized spacial score (nSPS) is 26.7. The van der Waals surface area contributed by atoms with Crippen molar-refractivity contribution in [1.29, 1.82) is 0 Å². The average Bonchev–Trinajstić information content (AvgIpc) is 2.39. The van der Waals surface area contributed by atoms with Gasteiger partial charge in [0.15, 0.2) is 0 Å². The highest BCUT2D eigenvalue weighted by Gasteiger charge is 2.23. The monoisotopic (exact) mass is 233 g/mol. The fourth-order valence-electron chi connectivity index (χ4n) is 2.76. The predicted octanol–water partition coefficient (Wildman–Crippen LogP) is 2.89. The maximum absolute atomic E-state index is 9.53. The largest absolute Gasteiger partial charge is 0.394 e. The van der Waals surface area contributed by atoms with Crippen LogP contribution in [-0.4, -0.2) is 17.8 Å². The van der Waals surface area contributed by atoms with Gasteiger partial charge in [0, 0.05) is 6.04 Å². The summed E-state index contributed by atoms with van der Waals surface area (Å²) in [4.78, 5) is 0. The summed E-state index contributed by atoms with van der Waals surface area (Å²) < 4.78 is 0. The molecule has 94 valence electrons. The summed E-state index contributed by atoms with van der Waals surface area (Å²) in [6, 6.07) is 10.9. The summed E-state index contributed by atoms with van der Waals surface area (Å²) in [7, 11) is 0. The lowest BCUT2D eigenvalue weighted by Crippen LogP contribution is -2.40. The van der Waals surface area contributed by atoms with Gasteiger partial charge in [0.25, 0.3) is 0 Å². The zero-order valence-electron chi connectivity index (χ0n) is 10.6. The molecule has 0 aromatic heterocycles. The standard InChI is InChI=1S/C15H23NO/c1-12-7-5-6-10-14(12)16-15(11-17)13-8-3-2-4-9-13/h2-4,8-9,12,14-17H,5-7,10-11H2,1H3/t12?,14?,15-/m0/s1. The molecule has 1 saturated carbocycles. The van der Waals surface area contributed by atoms with E-state index in [1.54, 1.807) is 0 Å². The van der Waals surface area contributed by atoms with Crippen molar-refractivity contribution in [2.45, 2.75) is 44.7 Å². The number of hydrogen-bond donors (Lipinski definition) is 2. The van der Waals surface area contributed by atoms with Crippen molar-refractivity contribution in [3.8, 4) is 0 Å². The number of rotatable bonds is 4. The lowest BCUT2D eigenvalue weighted by atomic mass is 9.85. The van der Waals surface area contributed by atoms with Gasteiger partial charge in [-0.15, -0.1) is 0 Å². The molecular formula is C15H23NO. The Labute approximate surface area is 104 Å². The number of nitrogens with one attached hydrogen (secondary N) is 1. The lowest BCUT2D eigenvalue weighted by Gasteiger charge is -2.33. The van der Waals surface area contributed by atoms with Crippen molar-refractivity contribution in [3.63, 3.8) is 0 Å². The van der Waals surface area contributed by atoms with E-state index in [0.29, 0.717) is 6.04 Å². The van der Waals surface area contributed by atoms with Crippen LogP contribution in [-0.2, 0) is 0 Å². The second-order valence-corrected chi connectivity index (χ2v) is 5.18. The number of hydrogen-bond acceptors (Lipinski definition) is 2. The second-order valence-electron chi connectivity index (χ2n) is 5.18. The highest BCUT2D eigenvalue weighted by atomic mass is 16.3. The number of benzene rings is 1. The first-order chi connectivity index (χ1) is 8.31. The molecule has 17 heavy (non-hydrogen) atoms. The highest BCUT2D eigenvalue weighted by Crippen LogP contribution is 2.26. The van der Waals surface area contributed by atoms with E-state index in [1.807, 2.05) is 18.2 Å². The van der Waals surface area contributed by atoms with Gasteiger partial charge >= 0.3 is 0 Å². The van der Waals surface area contributed by atoms with Crippen LogP contribution < -0.4 is 5.32 Å². The van der Waals surface area contributed by atoms with Crippen molar-refractivity contribution in [2.24, 2.45) is 5.92 Å². The molecule has 0 radical (unpaired) electrons. The Morgan fingerprint density at radius 1 is 1.24 bits per heavy atom. The van der Waals surface area contributed by atoms with E-state index in [-0.39, 0.29) is 12.6 Å². The van der Waals surface area contributed by atoms with Crippen LogP contribution in [0.15, 0.2) is 30.3 Å². The van der Waals surface area contributed by atoms with Crippen LogP contribution >= 0.6 is 0 Å². The molecule has 2 nitrogen and oxygen atoms in total. The summed E-state index contributed by atoms with van der Waals surface area (Å²) in [5, 5.41) is 13.2. The molecule has 1 fully saturated rings. The minimum Gasteiger partial charge on any atom is -0.394 e. The Morgan fingerprint density at radius 3 is 2.59 bits per heavy atom. The minimum atomic E-state index is 0.0850. The summed E-state index contributed by atoms with van der Waals surface area (Å²) in [6.07, 6.45) is 5.22. The third-order valence-corrected chi connectivity index (χ3v) is 3.91. The number of aliphatic hydroxyl groups is 1. The van der Waals surface area contributed by atoms with Crippen LogP contribution in [0.5, 0.6) is 0 Å². The molecule has 0 saturated heterocycles. The first kappa shape index (κ1) is 12.6. The minimum absolute atomic E-state index is 0.0850. The van der Waals surface area contributed by atoms with Crippen LogP contribution in [0.1, 0.15) is 44.2 Å². The molecular weight excluding hydrogens is 210 g/mol. The van der Waals surface area contributed by atoms with Crippen molar-refractivity contribution in [1.82, 2.24) is 5.32 Å². The van der Waals surface area contributed by atoms with Crippen LogP contribution in [0.25, 0.3) is 0 Å². The van der Waals surface area contributed by atoms with E-state index < -0.39 is 0 Å². The van der Waals surface area contributed by atoms with Gasteiger partial charge in [-0.3, -0.25) is 0 Å². The summed E-state index contributed by atoms with van der Waals surface area (Å²) in [6.45, 7) is 2.49. The van der Waals surface area contributed by atoms with E-state index in [9.17, 15) is 5.11 Å². The van der Waals surface area contributed by atoms with Gasteiger partial charge in [-0.25, -0.2) is 0 Å². The number of aliphatic hydroxyl groups excluding tert-OH is 1. The summed E-state index contributed by atoms with van der Waals surface area (Å²) >= 11 is 0. The molecule has 1 aromatic rings. The molecule has 3 atom stereocenters. The van der Waals surface area contributed by atoms with Crippen LogP contribution in [0.4, 0.5) is 0 Å². The molecule has 2 heteroatoms. The summed E-state index contributed by atoms with van der Waals surface area (Å²) in [5.41, 5.74) is 1.19. The fourth-order valence-corrected chi connectivity index (χ4v) is 2.76. The maximum Gasteiger partial charge on any atom is 0.0626 e. The van der Waals surface area contributed by atoms with Crippen molar-refractivity contribution in [2.75, 3.05) is 6.61 Å². The lowest BCUT2D eigenvalue weighted by molar-refractivity contribution is 0.197. The average molecular weight is 233 g/mol. The molecule has 2 rings (SSSR count). The predicted molar refractivity (Wildman–Crippen MR) is 70.8 cm³/mol. The Balaban J connectivity index is 1.99. The second kappa shape index (κ2) is 6.18. The van der Waals surface area contributed by atoms with E-state index in [4.69, 9.17) is 0 Å². The first-order valence-electron chi connectivity index (χ1n) is 6.73. The molecule has 0 spiro atoms. The zero-order chi connectivity index (χ0) is 12.1. The van der Waals surface area contributed by atoms with Crippen LogP contribution in [0, 0.1) is 5.92 Å². The Bertz CT molecular complexity index is 325. The summed E-state index contributed by atoms with van der Waals surface area (Å²) in [5.74, 6) is 0.724. The topological polar surface area (TPSA) is 32.3 Å². The quantitative estimate of drug-likeness (QED) is 0.838.